The molecular weight excluding hydrogens is 330 g/mol. The first kappa shape index (κ1) is 19.7. The molecule has 0 aliphatic rings. The first-order valence-electron chi connectivity index (χ1n) is 8.65. The Hall–Kier alpha value is -2.66. The van der Waals surface area contributed by atoms with Crippen LogP contribution in [0.15, 0.2) is 48.5 Å². The molecular formula is C21H25NO4. The van der Waals surface area contributed by atoms with E-state index in [1.165, 1.54) is 0 Å². The van der Waals surface area contributed by atoms with Crippen molar-refractivity contribution in [3.63, 3.8) is 0 Å². The topological polar surface area (TPSA) is 64.6 Å². The van der Waals surface area contributed by atoms with Gasteiger partial charge in [-0.05, 0) is 24.6 Å². The zero-order valence-corrected chi connectivity index (χ0v) is 15.3. The van der Waals surface area contributed by atoms with E-state index in [0.29, 0.717) is 25.3 Å². The number of benzene rings is 2. The largest absolute Gasteiger partial charge is 0.491 e. The smallest absolute Gasteiger partial charge is 0.220 e. The molecule has 0 atom stereocenters. The summed E-state index contributed by atoms with van der Waals surface area (Å²) < 4.78 is 10.5. The summed E-state index contributed by atoms with van der Waals surface area (Å²) in [4.78, 5) is 24.1. The van der Waals surface area contributed by atoms with Crippen molar-refractivity contribution in [1.82, 2.24) is 5.32 Å². The number of methoxy groups -OCH3 is 1. The van der Waals surface area contributed by atoms with Crippen LogP contribution in [-0.4, -0.2) is 32.0 Å². The van der Waals surface area contributed by atoms with Crippen LogP contribution >= 0.6 is 0 Å². The zero-order chi connectivity index (χ0) is 18.8. The molecule has 5 heteroatoms. The van der Waals surface area contributed by atoms with Crippen molar-refractivity contribution >= 4 is 11.7 Å². The highest BCUT2D eigenvalue weighted by atomic mass is 16.5. The summed E-state index contributed by atoms with van der Waals surface area (Å²) in [6.45, 7) is 3.38. The standard InChI is InChI=1S/C21H25NO4/c1-16-6-8-18(9-7-16)20(23)10-11-21(24)22-15-17-4-3-5-19(14-17)26-13-12-25-2/h3-9,14H,10-13,15H2,1-2H3,(H,22,24). The van der Waals surface area contributed by atoms with Crippen molar-refractivity contribution in [3.05, 3.63) is 65.2 Å². The Morgan fingerprint density at radius 3 is 2.50 bits per heavy atom. The molecule has 0 heterocycles. The third-order valence-electron chi connectivity index (χ3n) is 3.90. The summed E-state index contributed by atoms with van der Waals surface area (Å²) in [6, 6.07) is 14.9. The minimum absolute atomic E-state index is 0.0197. The number of amides is 1. The van der Waals surface area contributed by atoms with Gasteiger partial charge in [-0.15, -0.1) is 0 Å². The van der Waals surface area contributed by atoms with Crippen LogP contribution in [0.4, 0.5) is 0 Å². The third-order valence-corrected chi connectivity index (χ3v) is 3.90. The number of carbonyl (C=O) groups excluding carboxylic acids is 2. The fraction of sp³-hybridized carbons (Fsp3) is 0.333. The summed E-state index contributed by atoms with van der Waals surface area (Å²) in [5, 5.41) is 2.84. The van der Waals surface area contributed by atoms with Gasteiger partial charge < -0.3 is 14.8 Å². The lowest BCUT2D eigenvalue weighted by Crippen LogP contribution is -2.23. The van der Waals surface area contributed by atoms with Gasteiger partial charge in [-0.2, -0.15) is 0 Å². The van der Waals surface area contributed by atoms with Gasteiger partial charge >= 0.3 is 0 Å². The molecule has 0 spiro atoms. The average molecular weight is 355 g/mol. The second-order valence-corrected chi connectivity index (χ2v) is 6.05. The van der Waals surface area contributed by atoms with Crippen LogP contribution < -0.4 is 10.1 Å². The van der Waals surface area contributed by atoms with Gasteiger partial charge in [0, 0.05) is 32.1 Å². The van der Waals surface area contributed by atoms with Crippen molar-refractivity contribution in [2.24, 2.45) is 0 Å². The average Bonchev–Trinajstić information content (AvgIpc) is 2.65. The molecule has 0 aliphatic carbocycles. The second-order valence-electron chi connectivity index (χ2n) is 6.05. The number of rotatable bonds is 10. The monoisotopic (exact) mass is 355 g/mol. The fourth-order valence-electron chi connectivity index (χ4n) is 2.39. The molecule has 0 bridgehead atoms. The van der Waals surface area contributed by atoms with Crippen molar-refractivity contribution in [3.8, 4) is 5.75 Å². The lowest BCUT2D eigenvalue weighted by Gasteiger charge is -2.09. The fourth-order valence-corrected chi connectivity index (χ4v) is 2.39. The summed E-state index contributed by atoms with van der Waals surface area (Å²) in [6.07, 6.45) is 0.381. The number of aryl methyl sites for hydroxylation is 1. The van der Waals surface area contributed by atoms with Gasteiger partial charge in [-0.1, -0.05) is 42.0 Å². The molecule has 5 nitrogen and oxygen atoms in total. The summed E-state index contributed by atoms with van der Waals surface area (Å²) in [5.74, 6) is 0.577. The van der Waals surface area contributed by atoms with Gasteiger partial charge in [0.15, 0.2) is 5.78 Å². The maximum Gasteiger partial charge on any atom is 0.220 e. The van der Waals surface area contributed by atoms with E-state index < -0.39 is 0 Å². The first-order chi connectivity index (χ1) is 12.6. The Balaban J connectivity index is 1.75. The Bertz CT molecular complexity index is 725. The molecule has 1 amide bonds. The van der Waals surface area contributed by atoms with E-state index in [1.54, 1.807) is 19.2 Å². The van der Waals surface area contributed by atoms with Crippen molar-refractivity contribution in [2.45, 2.75) is 26.3 Å². The van der Waals surface area contributed by atoms with Crippen molar-refractivity contribution < 1.29 is 19.1 Å². The lowest BCUT2D eigenvalue weighted by atomic mass is 10.0. The van der Waals surface area contributed by atoms with E-state index in [0.717, 1.165) is 16.9 Å². The van der Waals surface area contributed by atoms with Gasteiger partial charge in [0.05, 0.1) is 6.61 Å². The summed E-state index contributed by atoms with van der Waals surface area (Å²) in [7, 11) is 1.62. The Morgan fingerprint density at radius 2 is 1.77 bits per heavy atom. The highest BCUT2D eigenvalue weighted by molar-refractivity contribution is 5.97. The van der Waals surface area contributed by atoms with E-state index in [9.17, 15) is 9.59 Å². The number of hydrogen-bond donors (Lipinski definition) is 1. The Labute approximate surface area is 154 Å². The van der Waals surface area contributed by atoms with Crippen LogP contribution in [0.25, 0.3) is 0 Å². The predicted molar refractivity (Wildman–Crippen MR) is 100 cm³/mol. The Kier molecular flexibility index (Phi) is 7.83. The van der Waals surface area contributed by atoms with Crippen LogP contribution in [0.3, 0.4) is 0 Å². The quantitative estimate of drug-likeness (QED) is 0.525. The SMILES string of the molecule is COCCOc1cccc(CNC(=O)CCC(=O)c2ccc(C)cc2)c1. The molecule has 0 aliphatic heterocycles. The summed E-state index contributed by atoms with van der Waals surface area (Å²) >= 11 is 0. The first-order valence-corrected chi connectivity index (χ1v) is 8.65. The number of nitrogens with one attached hydrogen (secondary N) is 1. The van der Waals surface area contributed by atoms with Gasteiger partial charge in [0.2, 0.25) is 5.91 Å². The number of ketones is 1. The van der Waals surface area contributed by atoms with E-state index in [2.05, 4.69) is 5.32 Å². The van der Waals surface area contributed by atoms with Crippen molar-refractivity contribution in [2.75, 3.05) is 20.3 Å². The normalized spacial score (nSPS) is 10.4. The molecule has 1 N–H and O–H groups in total. The molecule has 26 heavy (non-hydrogen) atoms. The molecule has 2 rings (SSSR count). The molecule has 0 fully saturated rings. The van der Waals surface area contributed by atoms with Crippen LogP contribution in [-0.2, 0) is 16.1 Å². The van der Waals surface area contributed by atoms with Crippen LogP contribution in [0.5, 0.6) is 5.75 Å². The molecule has 0 saturated carbocycles. The summed E-state index contributed by atoms with van der Waals surface area (Å²) in [5.41, 5.74) is 2.69. The number of Topliss-reactive ketones (excluding diaryl/α,β-unsaturated/α-hetero) is 1. The van der Waals surface area contributed by atoms with E-state index in [-0.39, 0.29) is 24.5 Å². The molecule has 0 radical (unpaired) electrons. The van der Waals surface area contributed by atoms with Crippen LogP contribution in [0, 0.1) is 6.92 Å². The number of hydrogen-bond acceptors (Lipinski definition) is 4. The minimum atomic E-state index is -0.142. The van der Waals surface area contributed by atoms with Crippen LogP contribution in [0.2, 0.25) is 0 Å². The second kappa shape index (κ2) is 10.4. The van der Waals surface area contributed by atoms with E-state index in [1.807, 2.05) is 43.3 Å². The van der Waals surface area contributed by atoms with Gasteiger partial charge in [-0.3, -0.25) is 9.59 Å². The highest BCUT2D eigenvalue weighted by Crippen LogP contribution is 2.13. The molecule has 2 aromatic rings. The lowest BCUT2D eigenvalue weighted by molar-refractivity contribution is -0.121. The minimum Gasteiger partial charge on any atom is -0.491 e. The van der Waals surface area contributed by atoms with Gasteiger partial charge in [-0.25, -0.2) is 0 Å². The number of carbonyl (C=O) groups is 2. The molecule has 138 valence electrons. The third kappa shape index (κ3) is 6.69. The highest BCUT2D eigenvalue weighted by Gasteiger charge is 2.09. The maximum atomic E-state index is 12.1. The molecule has 2 aromatic carbocycles. The van der Waals surface area contributed by atoms with E-state index in [4.69, 9.17) is 9.47 Å². The molecule has 0 aromatic heterocycles. The van der Waals surface area contributed by atoms with E-state index >= 15 is 0 Å². The van der Waals surface area contributed by atoms with Gasteiger partial charge in [0.25, 0.3) is 0 Å². The van der Waals surface area contributed by atoms with Crippen molar-refractivity contribution in [1.29, 1.82) is 0 Å². The molecule has 0 saturated heterocycles. The Morgan fingerprint density at radius 1 is 1.00 bits per heavy atom. The zero-order valence-electron chi connectivity index (χ0n) is 15.3. The maximum absolute atomic E-state index is 12.1. The van der Waals surface area contributed by atoms with Gasteiger partial charge in [0.1, 0.15) is 12.4 Å². The predicted octanol–water partition coefficient (Wildman–Crippen LogP) is 3.30. The van der Waals surface area contributed by atoms with Crippen LogP contribution in [0.1, 0.15) is 34.3 Å². The molecule has 0 unspecified atom stereocenters. The number of ether oxygens (including phenoxy) is 2.